The highest BCUT2D eigenvalue weighted by molar-refractivity contribution is 5.76. The molecule has 1 N–H and O–H groups in total. The summed E-state index contributed by atoms with van der Waals surface area (Å²) in [5.74, 6) is 0. The third-order valence-corrected chi connectivity index (χ3v) is 5.94. The fraction of sp³-hybridized carbons (Fsp3) is 0.700. The third-order valence-electron chi connectivity index (χ3n) is 5.94. The van der Waals surface area contributed by atoms with Gasteiger partial charge in [0.25, 0.3) is 0 Å². The predicted molar refractivity (Wildman–Crippen MR) is 158 cm³/mol. The average Bonchev–Trinajstić information content (AvgIpc) is 2.86. The number of hydrogen-bond acceptors (Lipinski definition) is 9. The van der Waals surface area contributed by atoms with E-state index >= 15 is 0 Å². The number of nitrogens with zero attached hydrogens (tertiary/aromatic N) is 4. The molecule has 2 aliphatic rings. The highest BCUT2D eigenvalue weighted by Crippen LogP contribution is 2.18. The summed E-state index contributed by atoms with van der Waals surface area (Å²) in [5.41, 5.74) is -0.641. The first-order valence-corrected chi connectivity index (χ1v) is 14.4. The lowest BCUT2D eigenvalue weighted by atomic mass is 10.1. The number of nitrogens with one attached hydrogen (secondary N) is 1. The lowest BCUT2D eigenvalue weighted by molar-refractivity contribution is -0.114. The van der Waals surface area contributed by atoms with Gasteiger partial charge in [0.1, 0.15) is 29.1 Å². The number of carbonyl (C=O) groups is 4. The van der Waals surface area contributed by atoms with E-state index in [0.717, 1.165) is 18.7 Å². The van der Waals surface area contributed by atoms with E-state index in [9.17, 15) is 19.2 Å². The molecule has 236 valence electrons. The Morgan fingerprint density at radius 3 is 1.88 bits per heavy atom. The van der Waals surface area contributed by atoms with E-state index in [1.54, 1.807) is 52.6 Å². The first kappa shape index (κ1) is 34.8. The van der Waals surface area contributed by atoms with Gasteiger partial charge in [0.05, 0.1) is 6.54 Å². The highest BCUT2D eigenvalue weighted by atomic mass is 16.6. The molecule has 3 heterocycles. The van der Waals surface area contributed by atoms with Gasteiger partial charge in [-0.3, -0.25) is 9.88 Å². The molecule has 2 aliphatic heterocycles. The second-order valence-corrected chi connectivity index (χ2v) is 13.4. The summed E-state index contributed by atoms with van der Waals surface area (Å²) in [6, 6.07) is 5.40. The van der Waals surface area contributed by atoms with Crippen LogP contribution in [-0.4, -0.2) is 112 Å². The number of carbonyl (C=O) groups excluding carboxylic acids is 4. The van der Waals surface area contributed by atoms with Crippen LogP contribution < -0.4 is 5.32 Å². The molecule has 12 heteroatoms. The Balaban J connectivity index is 0.000000294. The molecule has 3 rings (SSSR count). The highest BCUT2D eigenvalue weighted by Gasteiger charge is 2.36. The zero-order valence-electron chi connectivity index (χ0n) is 26.6. The zero-order valence-corrected chi connectivity index (χ0v) is 26.6. The van der Waals surface area contributed by atoms with Crippen molar-refractivity contribution < 1.29 is 33.4 Å². The fourth-order valence-corrected chi connectivity index (χ4v) is 4.19. The zero-order chi connectivity index (χ0) is 31.7. The SMILES string of the molecule is CC(C)(C)OC(=O)N1CCN(C(=O)OC(C)(C)C)C(C=O)C1.CC(C)(C)OC(=O)N1CCNC(Cc2ccccn2)C1. The normalized spacial score (nSPS) is 19.7. The smallest absolute Gasteiger partial charge is 0.411 e. The van der Waals surface area contributed by atoms with Crippen molar-refractivity contribution in [2.75, 3.05) is 39.3 Å². The molecule has 12 nitrogen and oxygen atoms in total. The van der Waals surface area contributed by atoms with Gasteiger partial charge in [-0.25, -0.2) is 14.4 Å². The molecule has 2 saturated heterocycles. The van der Waals surface area contributed by atoms with E-state index < -0.39 is 35.0 Å². The maximum atomic E-state index is 12.1. The van der Waals surface area contributed by atoms with E-state index in [1.165, 1.54) is 9.80 Å². The Morgan fingerprint density at radius 1 is 0.833 bits per heavy atom. The number of pyridine rings is 1. The van der Waals surface area contributed by atoms with Crippen LogP contribution in [0.4, 0.5) is 14.4 Å². The van der Waals surface area contributed by atoms with E-state index in [0.29, 0.717) is 25.9 Å². The summed E-state index contributed by atoms with van der Waals surface area (Å²) in [4.78, 5) is 56.4. The lowest BCUT2D eigenvalue weighted by Gasteiger charge is -2.39. The number of rotatable bonds is 3. The second kappa shape index (κ2) is 14.7. The van der Waals surface area contributed by atoms with Crippen LogP contribution in [-0.2, 0) is 25.4 Å². The van der Waals surface area contributed by atoms with Gasteiger partial charge in [-0.15, -0.1) is 0 Å². The quantitative estimate of drug-likeness (QED) is 0.411. The van der Waals surface area contributed by atoms with Gasteiger partial charge in [0.2, 0.25) is 0 Å². The summed E-state index contributed by atoms with van der Waals surface area (Å²) in [5, 5.41) is 3.43. The number of aromatic nitrogens is 1. The molecule has 0 aromatic carbocycles. The largest absolute Gasteiger partial charge is 0.444 e. The molecule has 3 amide bonds. The van der Waals surface area contributed by atoms with Crippen molar-refractivity contribution in [3.63, 3.8) is 0 Å². The van der Waals surface area contributed by atoms with Crippen molar-refractivity contribution in [3.05, 3.63) is 30.1 Å². The predicted octanol–water partition coefficient (Wildman–Crippen LogP) is 3.87. The molecule has 0 radical (unpaired) electrons. The number of aldehydes is 1. The van der Waals surface area contributed by atoms with Crippen molar-refractivity contribution in [1.82, 2.24) is 25.0 Å². The molecule has 2 fully saturated rings. The number of ether oxygens (including phenoxy) is 3. The molecule has 0 aliphatic carbocycles. The molecule has 0 saturated carbocycles. The Hall–Kier alpha value is -3.41. The van der Waals surface area contributed by atoms with Gasteiger partial charge in [0.15, 0.2) is 0 Å². The monoisotopic (exact) mass is 591 g/mol. The van der Waals surface area contributed by atoms with Crippen LogP contribution in [0.3, 0.4) is 0 Å². The maximum Gasteiger partial charge on any atom is 0.411 e. The molecule has 1 aromatic rings. The minimum atomic E-state index is -0.726. The van der Waals surface area contributed by atoms with Crippen LogP contribution >= 0.6 is 0 Å². The first-order valence-electron chi connectivity index (χ1n) is 14.4. The topological polar surface area (TPSA) is 131 Å². The Morgan fingerprint density at radius 2 is 1.38 bits per heavy atom. The summed E-state index contributed by atoms with van der Waals surface area (Å²) < 4.78 is 16.0. The Kier molecular flexibility index (Phi) is 12.1. The van der Waals surface area contributed by atoms with Gasteiger partial charge >= 0.3 is 18.3 Å². The van der Waals surface area contributed by atoms with Gasteiger partial charge < -0.3 is 34.1 Å². The Bertz CT molecular complexity index is 1050. The van der Waals surface area contributed by atoms with Crippen molar-refractivity contribution >= 4 is 24.6 Å². The molecule has 0 spiro atoms. The van der Waals surface area contributed by atoms with E-state index in [1.807, 2.05) is 39.0 Å². The van der Waals surface area contributed by atoms with Gasteiger partial charge in [-0.05, 0) is 74.4 Å². The molecule has 0 bridgehead atoms. The van der Waals surface area contributed by atoms with Gasteiger partial charge in [-0.2, -0.15) is 0 Å². The summed E-state index contributed by atoms with van der Waals surface area (Å²) in [6.07, 6.45) is 2.01. The molecule has 1 aromatic heterocycles. The van der Waals surface area contributed by atoms with Crippen molar-refractivity contribution in [3.8, 4) is 0 Å². The molecule has 2 atom stereocenters. The van der Waals surface area contributed by atoms with Crippen LogP contribution in [0.5, 0.6) is 0 Å². The number of piperazine rings is 2. The standard InChI is InChI=1S/C15H23N3O2.C15H26N2O5/c1-15(2,3)20-14(19)18-9-8-17-13(11-18)10-12-6-4-5-7-16-12;1-14(2,3)21-12(19)16-7-8-17(11(9-16)10-18)13(20)22-15(4,5)6/h4-7,13,17H,8-11H2,1-3H3;10-11H,7-9H2,1-6H3. The van der Waals surface area contributed by atoms with E-state index in [4.69, 9.17) is 14.2 Å². The lowest BCUT2D eigenvalue weighted by Crippen LogP contribution is -2.58. The van der Waals surface area contributed by atoms with Crippen LogP contribution in [0.1, 0.15) is 68.0 Å². The minimum absolute atomic E-state index is 0.109. The van der Waals surface area contributed by atoms with Crippen molar-refractivity contribution in [1.29, 1.82) is 0 Å². The molecular formula is C30H49N5O7. The van der Waals surface area contributed by atoms with Gasteiger partial charge in [0, 0.05) is 57.1 Å². The summed E-state index contributed by atoms with van der Waals surface area (Å²) >= 11 is 0. The fourth-order valence-electron chi connectivity index (χ4n) is 4.19. The molecule has 42 heavy (non-hydrogen) atoms. The van der Waals surface area contributed by atoms with Crippen molar-refractivity contribution in [2.24, 2.45) is 0 Å². The summed E-state index contributed by atoms with van der Waals surface area (Å²) in [6.45, 7) is 19.1. The maximum absolute atomic E-state index is 12.1. The first-order chi connectivity index (χ1) is 19.4. The van der Waals surface area contributed by atoms with Gasteiger partial charge in [-0.1, -0.05) is 6.07 Å². The minimum Gasteiger partial charge on any atom is -0.444 e. The number of amides is 3. The second-order valence-electron chi connectivity index (χ2n) is 13.4. The van der Waals surface area contributed by atoms with Crippen LogP contribution in [0.15, 0.2) is 24.4 Å². The van der Waals surface area contributed by atoms with Crippen LogP contribution in [0.2, 0.25) is 0 Å². The average molecular weight is 592 g/mol. The van der Waals surface area contributed by atoms with E-state index in [-0.39, 0.29) is 25.2 Å². The molecule has 2 unspecified atom stereocenters. The Labute approximate surface area is 250 Å². The number of hydrogen-bond donors (Lipinski definition) is 1. The van der Waals surface area contributed by atoms with E-state index in [2.05, 4.69) is 10.3 Å². The third kappa shape index (κ3) is 12.6. The summed E-state index contributed by atoms with van der Waals surface area (Å²) in [7, 11) is 0. The molecular weight excluding hydrogens is 542 g/mol. The van der Waals surface area contributed by atoms with Crippen LogP contribution in [0.25, 0.3) is 0 Å². The van der Waals surface area contributed by atoms with Crippen LogP contribution in [0, 0.1) is 0 Å². The van der Waals surface area contributed by atoms with Crippen molar-refractivity contribution in [2.45, 2.75) is 97.6 Å².